The molecule has 0 unspecified atom stereocenters. The van der Waals surface area contributed by atoms with E-state index in [1.54, 1.807) is 13.8 Å². The maximum atomic E-state index is 11.1. The van der Waals surface area contributed by atoms with Gasteiger partial charge in [0.25, 0.3) is 5.91 Å². The zero-order valence-electron chi connectivity index (χ0n) is 7.78. The number of carboxylic acids is 1. The zero-order chi connectivity index (χ0) is 10.4. The highest BCUT2D eigenvalue weighted by Crippen LogP contribution is 1.99. The molecule has 0 heterocycles. The first kappa shape index (κ1) is 11.5. The number of aliphatic carboxylic acids is 1. The third-order valence-electron chi connectivity index (χ3n) is 1.57. The van der Waals surface area contributed by atoms with Crippen LogP contribution in [0.1, 0.15) is 20.3 Å². The Morgan fingerprint density at radius 2 is 2.08 bits per heavy atom. The fourth-order valence-corrected chi connectivity index (χ4v) is 0.893. The summed E-state index contributed by atoms with van der Waals surface area (Å²) in [4.78, 5) is 22.7. The molecule has 72 valence electrons. The predicted molar refractivity (Wildman–Crippen MR) is 47.9 cm³/mol. The molecule has 0 aromatic carbocycles. The van der Waals surface area contributed by atoms with Crippen molar-refractivity contribution in [3.8, 4) is 12.3 Å². The summed E-state index contributed by atoms with van der Waals surface area (Å²) in [5.41, 5.74) is 0. The zero-order valence-corrected chi connectivity index (χ0v) is 7.78. The van der Waals surface area contributed by atoms with E-state index in [9.17, 15) is 9.59 Å². The number of amides is 1. The third kappa shape index (κ3) is 4.16. The van der Waals surface area contributed by atoms with Gasteiger partial charge in [0.05, 0.1) is 6.42 Å². The lowest BCUT2D eigenvalue weighted by molar-refractivity contribution is -0.138. The summed E-state index contributed by atoms with van der Waals surface area (Å²) in [6.07, 6.45) is 4.85. The first-order valence-electron chi connectivity index (χ1n) is 3.98. The topological polar surface area (TPSA) is 57.6 Å². The molecule has 0 aliphatic heterocycles. The van der Waals surface area contributed by atoms with E-state index in [-0.39, 0.29) is 19.0 Å². The first-order chi connectivity index (χ1) is 5.99. The Labute approximate surface area is 77.5 Å². The summed E-state index contributed by atoms with van der Waals surface area (Å²) >= 11 is 0. The van der Waals surface area contributed by atoms with Crippen LogP contribution in [0.5, 0.6) is 0 Å². The van der Waals surface area contributed by atoms with Crippen LogP contribution < -0.4 is 0 Å². The maximum absolute atomic E-state index is 11.1. The van der Waals surface area contributed by atoms with E-state index in [0.29, 0.717) is 0 Å². The van der Waals surface area contributed by atoms with E-state index in [1.807, 2.05) is 5.92 Å². The van der Waals surface area contributed by atoms with Crippen LogP contribution in [0.15, 0.2) is 0 Å². The Morgan fingerprint density at radius 1 is 1.54 bits per heavy atom. The van der Waals surface area contributed by atoms with Crippen LogP contribution in [0.3, 0.4) is 0 Å². The molecule has 0 rings (SSSR count). The van der Waals surface area contributed by atoms with Crippen LogP contribution >= 0.6 is 0 Å². The summed E-state index contributed by atoms with van der Waals surface area (Å²) in [7, 11) is 0. The lowest BCUT2D eigenvalue weighted by Gasteiger charge is -2.23. The van der Waals surface area contributed by atoms with E-state index >= 15 is 0 Å². The number of hydrogen-bond donors (Lipinski definition) is 1. The van der Waals surface area contributed by atoms with Gasteiger partial charge < -0.3 is 10.0 Å². The minimum Gasteiger partial charge on any atom is -0.481 e. The van der Waals surface area contributed by atoms with Gasteiger partial charge in [-0.25, -0.2) is 0 Å². The minimum atomic E-state index is -0.935. The van der Waals surface area contributed by atoms with Crippen LogP contribution in [0, 0.1) is 12.3 Å². The van der Waals surface area contributed by atoms with Crippen LogP contribution in [-0.2, 0) is 9.59 Å². The van der Waals surface area contributed by atoms with Crippen molar-refractivity contribution in [3.63, 3.8) is 0 Å². The van der Waals surface area contributed by atoms with E-state index in [0.717, 1.165) is 0 Å². The molecule has 0 bridgehead atoms. The number of hydrogen-bond acceptors (Lipinski definition) is 2. The Kier molecular flexibility index (Phi) is 4.60. The maximum Gasteiger partial charge on any atom is 0.305 e. The SMILES string of the molecule is C#CC(=O)N(CCC(=O)O)C(C)C. The van der Waals surface area contributed by atoms with Crippen LogP contribution in [-0.4, -0.2) is 34.5 Å². The van der Waals surface area contributed by atoms with E-state index in [1.165, 1.54) is 4.90 Å². The molecule has 0 aromatic rings. The largest absolute Gasteiger partial charge is 0.481 e. The summed E-state index contributed by atoms with van der Waals surface area (Å²) < 4.78 is 0. The summed E-state index contributed by atoms with van der Waals surface area (Å²) in [6, 6.07) is -0.0668. The highest BCUT2D eigenvalue weighted by atomic mass is 16.4. The number of nitrogens with zero attached hydrogens (tertiary/aromatic N) is 1. The fourth-order valence-electron chi connectivity index (χ4n) is 0.893. The molecule has 4 heteroatoms. The van der Waals surface area contributed by atoms with Crippen molar-refractivity contribution in [1.29, 1.82) is 0 Å². The first-order valence-corrected chi connectivity index (χ1v) is 3.98. The van der Waals surface area contributed by atoms with Crippen molar-refractivity contribution in [3.05, 3.63) is 0 Å². The summed E-state index contributed by atoms with van der Waals surface area (Å²) in [5.74, 6) is 0.568. The number of rotatable bonds is 4. The molecule has 13 heavy (non-hydrogen) atoms. The number of carboxylic acid groups (broad SMARTS) is 1. The Bertz CT molecular complexity index is 240. The fraction of sp³-hybridized carbons (Fsp3) is 0.556. The van der Waals surface area contributed by atoms with Gasteiger partial charge in [-0.3, -0.25) is 9.59 Å². The van der Waals surface area contributed by atoms with E-state index < -0.39 is 11.9 Å². The molecule has 1 N–H and O–H groups in total. The molecule has 0 aliphatic rings. The van der Waals surface area contributed by atoms with Gasteiger partial charge in [0.15, 0.2) is 0 Å². The van der Waals surface area contributed by atoms with Gasteiger partial charge in [-0.05, 0) is 19.8 Å². The second kappa shape index (κ2) is 5.20. The third-order valence-corrected chi connectivity index (χ3v) is 1.57. The van der Waals surface area contributed by atoms with Gasteiger partial charge >= 0.3 is 5.97 Å². The molecule has 1 amide bonds. The number of terminal acetylenes is 1. The quantitative estimate of drug-likeness (QED) is 0.639. The molecular weight excluding hydrogens is 170 g/mol. The van der Waals surface area contributed by atoms with Crippen LogP contribution in [0.4, 0.5) is 0 Å². The predicted octanol–water partition coefficient (Wildman–Crippen LogP) is 0.331. The van der Waals surface area contributed by atoms with Crippen molar-refractivity contribution in [2.24, 2.45) is 0 Å². The average molecular weight is 183 g/mol. The van der Waals surface area contributed by atoms with Gasteiger partial charge in [0, 0.05) is 12.6 Å². The van der Waals surface area contributed by atoms with Gasteiger partial charge in [0.1, 0.15) is 0 Å². The lowest BCUT2D eigenvalue weighted by atomic mass is 10.3. The summed E-state index contributed by atoms with van der Waals surface area (Å²) in [5, 5.41) is 8.41. The lowest BCUT2D eigenvalue weighted by Crippen LogP contribution is -2.37. The Balaban J connectivity index is 4.20. The standard InChI is InChI=1S/C9H13NO3/c1-4-8(11)10(7(2)3)6-5-9(12)13/h1,7H,5-6H2,2-3H3,(H,12,13). The van der Waals surface area contributed by atoms with Crippen LogP contribution in [0.2, 0.25) is 0 Å². The molecule has 0 aromatic heterocycles. The van der Waals surface area contributed by atoms with Crippen molar-refractivity contribution in [2.75, 3.05) is 6.54 Å². The Morgan fingerprint density at radius 3 is 2.38 bits per heavy atom. The molecule has 0 radical (unpaired) electrons. The highest BCUT2D eigenvalue weighted by Gasteiger charge is 2.15. The number of carbonyl (C=O) groups is 2. The molecule has 0 saturated heterocycles. The second-order valence-electron chi connectivity index (χ2n) is 2.88. The van der Waals surface area contributed by atoms with Crippen molar-refractivity contribution in [1.82, 2.24) is 4.90 Å². The van der Waals surface area contributed by atoms with Crippen LogP contribution in [0.25, 0.3) is 0 Å². The summed E-state index contributed by atoms with van der Waals surface area (Å²) in [6.45, 7) is 3.74. The molecular formula is C9H13NO3. The molecule has 4 nitrogen and oxygen atoms in total. The van der Waals surface area contributed by atoms with Crippen molar-refractivity contribution >= 4 is 11.9 Å². The van der Waals surface area contributed by atoms with E-state index in [4.69, 9.17) is 11.5 Å². The Hall–Kier alpha value is -1.50. The highest BCUT2D eigenvalue weighted by molar-refractivity contribution is 5.93. The van der Waals surface area contributed by atoms with Crippen molar-refractivity contribution < 1.29 is 14.7 Å². The monoisotopic (exact) mass is 183 g/mol. The molecule has 0 atom stereocenters. The average Bonchev–Trinajstić information content (AvgIpc) is 2.03. The normalized spacial score (nSPS) is 9.38. The smallest absolute Gasteiger partial charge is 0.305 e. The van der Waals surface area contributed by atoms with E-state index in [2.05, 4.69) is 0 Å². The number of carbonyl (C=O) groups excluding carboxylic acids is 1. The molecule has 0 spiro atoms. The van der Waals surface area contributed by atoms with Gasteiger partial charge in [-0.2, -0.15) is 0 Å². The minimum absolute atomic E-state index is 0.0668. The molecule has 0 aliphatic carbocycles. The van der Waals surface area contributed by atoms with Gasteiger partial charge in [-0.15, -0.1) is 6.42 Å². The van der Waals surface area contributed by atoms with Gasteiger partial charge in [-0.1, -0.05) is 0 Å². The molecule has 0 saturated carbocycles. The van der Waals surface area contributed by atoms with Crippen molar-refractivity contribution in [2.45, 2.75) is 26.3 Å². The van der Waals surface area contributed by atoms with Gasteiger partial charge in [0.2, 0.25) is 0 Å². The molecule has 0 fully saturated rings. The second-order valence-corrected chi connectivity index (χ2v) is 2.88.